The highest BCUT2D eigenvalue weighted by molar-refractivity contribution is 5.36. The summed E-state index contributed by atoms with van der Waals surface area (Å²) < 4.78 is 25.9. The molecule has 2 aromatic heterocycles. The van der Waals surface area contributed by atoms with Gasteiger partial charge in [0.25, 0.3) is 5.88 Å². The summed E-state index contributed by atoms with van der Waals surface area (Å²) in [5.41, 5.74) is 3.13. The molecule has 0 N–H and O–H groups in total. The number of piperidine rings is 1. The van der Waals surface area contributed by atoms with Gasteiger partial charge < -0.3 is 9.47 Å². The lowest BCUT2D eigenvalue weighted by atomic mass is 9.89. The van der Waals surface area contributed by atoms with Gasteiger partial charge in [-0.15, -0.1) is 0 Å². The summed E-state index contributed by atoms with van der Waals surface area (Å²) in [7, 11) is 0. The van der Waals surface area contributed by atoms with Gasteiger partial charge in [-0.2, -0.15) is 0 Å². The van der Waals surface area contributed by atoms with Crippen molar-refractivity contribution in [1.29, 1.82) is 0 Å². The molecule has 2 aliphatic heterocycles. The third kappa shape index (κ3) is 3.63. The summed E-state index contributed by atoms with van der Waals surface area (Å²) in [5, 5.41) is 0. The molecule has 2 atom stereocenters. The van der Waals surface area contributed by atoms with Crippen molar-refractivity contribution in [3.8, 4) is 11.6 Å². The normalized spacial score (nSPS) is 21.1. The van der Waals surface area contributed by atoms with Crippen LogP contribution in [0.25, 0.3) is 0 Å². The van der Waals surface area contributed by atoms with E-state index in [4.69, 9.17) is 9.47 Å². The Balaban J connectivity index is 1.54. The Hall–Kier alpha value is -2.21. The Morgan fingerprint density at radius 2 is 2.00 bits per heavy atom. The van der Waals surface area contributed by atoms with Crippen molar-refractivity contribution in [2.24, 2.45) is 0 Å². The lowest BCUT2D eigenvalue weighted by Crippen LogP contribution is -2.37. The topological polar surface area (TPSA) is 47.5 Å². The van der Waals surface area contributed by atoms with Crippen LogP contribution in [0.3, 0.4) is 0 Å². The molecular weight excluding hydrogens is 345 g/mol. The predicted molar refractivity (Wildman–Crippen MR) is 101 cm³/mol. The van der Waals surface area contributed by atoms with Crippen LogP contribution in [0.5, 0.6) is 11.6 Å². The average Bonchev–Trinajstić information content (AvgIpc) is 2.70. The second-order valence-electron chi connectivity index (χ2n) is 7.50. The van der Waals surface area contributed by atoms with E-state index >= 15 is 0 Å². The van der Waals surface area contributed by atoms with E-state index in [1.54, 1.807) is 6.92 Å². The van der Waals surface area contributed by atoms with Crippen molar-refractivity contribution in [3.63, 3.8) is 0 Å². The SMILES string of the molecule is Cc1cc(C2CCCN(C(C)c3ccc4c(n3)OCCO4)C2)c(F)c(C)n1. The summed E-state index contributed by atoms with van der Waals surface area (Å²) in [6.07, 6.45) is 2.04. The third-order valence-corrected chi connectivity index (χ3v) is 5.57. The van der Waals surface area contributed by atoms with Gasteiger partial charge in [-0.05, 0) is 69.8 Å². The molecule has 0 spiro atoms. The smallest absolute Gasteiger partial charge is 0.257 e. The molecule has 1 fully saturated rings. The number of rotatable bonds is 3. The maximum atomic E-state index is 14.7. The van der Waals surface area contributed by atoms with Crippen LogP contribution in [0.15, 0.2) is 18.2 Å². The molecule has 6 heteroatoms. The van der Waals surface area contributed by atoms with Crippen molar-refractivity contribution in [2.45, 2.75) is 45.6 Å². The molecule has 0 aromatic carbocycles. The van der Waals surface area contributed by atoms with Gasteiger partial charge in [0.2, 0.25) is 0 Å². The lowest BCUT2D eigenvalue weighted by molar-refractivity contribution is 0.147. The van der Waals surface area contributed by atoms with Gasteiger partial charge in [-0.25, -0.2) is 9.37 Å². The monoisotopic (exact) mass is 371 g/mol. The predicted octanol–water partition coefficient (Wildman–Crippen LogP) is 3.94. The highest BCUT2D eigenvalue weighted by atomic mass is 19.1. The summed E-state index contributed by atoms with van der Waals surface area (Å²) in [6.45, 7) is 8.72. The Morgan fingerprint density at radius 3 is 2.85 bits per heavy atom. The van der Waals surface area contributed by atoms with Gasteiger partial charge in [0, 0.05) is 18.3 Å². The van der Waals surface area contributed by atoms with E-state index in [9.17, 15) is 4.39 Å². The van der Waals surface area contributed by atoms with Gasteiger partial charge in [0.15, 0.2) is 5.75 Å². The van der Waals surface area contributed by atoms with Crippen LogP contribution < -0.4 is 9.47 Å². The molecule has 2 unspecified atom stereocenters. The van der Waals surface area contributed by atoms with Gasteiger partial charge in [0.05, 0.1) is 11.4 Å². The van der Waals surface area contributed by atoms with E-state index < -0.39 is 0 Å². The number of fused-ring (bicyclic) bond motifs is 1. The molecule has 2 aromatic rings. The molecule has 144 valence electrons. The maximum Gasteiger partial charge on any atom is 0.257 e. The van der Waals surface area contributed by atoms with Crippen LogP contribution in [0.4, 0.5) is 4.39 Å². The van der Waals surface area contributed by atoms with Crippen LogP contribution >= 0.6 is 0 Å². The first-order chi connectivity index (χ1) is 13.0. The minimum atomic E-state index is -0.155. The number of likely N-dealkylation sites (tertiary alicyclic amines) is 1. The summed E-state index contributed by atoms with van der Waals surface area (Å²) >= 11 is 0. The molecule has 0 amide bonds. The first-order valence-corrected chi connectivity index (χ1v) is 9.67. The zero-order valence-corrected chi connectivity index (χ0v) is 16.2. The Labute approximate surface area is 159 Å². The van der Waals surface area contributed by atoms with E-state index in [0.717, 1.165) is 42.9 Å². The average molecular weight is 371 g/mol. The van der Waals surface area contributed by atoms with Gasteiger partial charge in [-0.3, -0.25) is 9.88 Å². The zero-order valence-electron chi connectivity index (χ0n) is 16.2. The third-order valence-electron chi connectivity index (χ3n) is 5.57. The van der Waals surface area contributed by atoms with Crippen LogP contribution in [-0.4, -0.2) is 41.2 Å². The van der Waals surface area contributed by atoms with E-state index in [1.807, 2.05) is 25.1 Å². The molecule has 0 radical (unpaired) electrons. The van der Waals surface area contributed by atoms with Crippen molar-refractivity contribution in [1.82, 2.24) is 14.9 Å². The molecule has 27 heavy (non-hydrogen) atoms. The molecule has 5 nitrogen and oxygen atoms in total. The molecule has 0 bridgehead atoms. The number of halogens is 1. The van der Waals surface area contributed by atoms with E-state index in [1.165, 1.54) is 0 Å². The molecule has 4 rings (SSSR count). The van der Waals surface area contributed by atoms with E-state index in [0.29, 0.717) is 30.5 Å². The highest BCUT2D eigenvalue weighted by Gasteiger charge is 2.29. The minimum Gasteiger partial charge on any atom is -0.484 e. The minimum absolute atomic E-state index is 0.135. The van der Waals surface area contributed by atoms with Crippen molar-refractivity contribution in [3.05, 3.63) is 46.7 Å². The first-order valence-electron chi connectivity index (χ1n) is 9.67. The Kier molecular flexibility index (Phi) is 5.00. The molecule has 2 aliphatic rings. The van der Waals surface area contributed by atoms with Crippen LogP contribution in [0, 0.1) is 19.7 Å². The van der Waals surface area contributed by atoms with Crippen molar-refractivity contribution >= 4 is 0 Å². The largest absolute Gasteiger partial charge is 0.484 e. The summed E-state index contributed by atoms with van der Waals surface area (Å²) in [4.78, 5) is 11.3. The van der Waals surface area contributed by atoms with Crippen LogP contribution in [0.1, 0.15) is 54.4 Å². The van der Waals surface area contributed by atoms with Gasteiger partial charge in [-0.1, -0.05) is 0 Å². The van der Waals surface area contributed by atoms with E-state index in [-0.39, 0.29) is 17.8 Å². The maximum absolute atomic E-state index is 14.7. The number of aryl methyl sites for hydroxylation is 2. The number of hydrogen-bond acceptors (Lipinski definition) is 5. The summed E-state index contributed by atoms with van der Waals surface area (Å²) in [5.74, 6) is 1.31. The zero-order chi connectivity index (χ0) is 19.0. The standard InChI is InChI=1S/C21H26FN3O2/c1-13-11-17(20(22)14(2)23-13)16-5-4-8-25(12-16)15(3)18-6-7-19-21(24-18)27-10-9-26-19/h6-7,11,15-16H,4-5,8-10,12H2,1-3H3. The summed E-state index contributed by atoms with van der Waals surface area (Å²) in [6, 6.07) is 5.98. The Bertz CT molecular complexity index is 842. The number of aromatic nitrogens is 2. The number of hydrogen-bond donors (Lipinski definition) is 0. The van der Waals surface area contributed by atoms with Crippen molar-refractivity contribution < 1.29 is 13.9 Å². The fourth-order valence-electron chi connectivity index (χ4n) is 4.12. The molecule has 1 saturated heterocycles. The number of nitrogens with zero attached hydrogens (tertiary/aromatic N) is 3. The van der Waals surface area contributed by atoms with E-state index in [2.05, 4.69) is 21.8 Å². The second-order valence-corrected chi connectivity index (χ2v) is 7.50. The quantitative estimate of drug-likeness (QED) is 0.818. The number of pyridine rings is 2. The van der Waals surface area contributed by atoms with Gasteiger partial charge >= 0.3 is 0 Å². The lowest BCUT2D eigenvalue weighted by Gasteiger charge is -2.37. The molecule has 0 saturated carbocycles. The van der Waals surface area contributed by atoms with Gasteiger partial charge in [0.1, 0.15) is 19.0 Å². The fourth-order valence-corrected chi connectivity index (χ4v) is 4.12. The molecule has 0 aliphatic carbocycles. The molecular formula is C21H26FN3O2. The second kappa shape index (κ2) is 7.43. The molecule has 4 heterocycles. The number of ether oxygens (including phenoxy) is 2. The fraction of sp³-hybridized carbons (Fsp3) is 0.524. The van der Waals surface area contributed by atoms with Crippen LogP contribution in [-0.2, 0) is 0 Å². The van der Waals surface area contributed by atoms with Crippen molar-refractivity contribution in [2.75, 3.05) is 26.3 Å². The Morgan fingerprint density at radius 1 is 1.19 bits per heavy atom. The highest BCUT2D eigenvalue weighted by Crippen LogP contribution is 2.35. The van der Waals surface area contributed by atoms with Crippen LogP contribution in [0.2, 0.25) is 0 Å². The first kappa shape index (κ1) is 18.2.